The molecule has 142 valence electrons. The van der Waals surface area contributed by atoms with Crippen molar-refractivity contribution in [3.05, 3.63) is 41.6 Å². The minimum absolute atomic E-state index is 0.133. The fourth-order valence-corrected chi connectivity index (χ4v) is 2.93. The van der Waals surface area contributed by atoms with Crippen molar-refractivity contribution in [3.8, 4) is 11.4 Å². The van der Waals surface area contributed by atoms with Gasteiger partial charge in [0.05, 0.1) is 11.4 Å². The summed E-state index contributed by atoms with van der Waals surface area (Å²) in [5, 5.41) is 14.3. The van der Waals surface area contributed by atoms with E-state index in [4.69, 9.17) is 4.52 Å². The van der Waals surface area contributed by atoms with Gasteiger partial charge in [-0.25, -0.2) is 4.98 Å². The molecular weight excluding hydrogens is 362 g/mol. The van der Waals surface area contributed by atoms with E-state index < -0.39 is 0 Å². The van der Waals surface area contributed by atoms with E-state index in [-0.39, 0.29) is 17.1 Å². The summed E-state index contributed by atoms with van der Waals surface area (Å²) in [7, 11) is 0. The van der Waals surface area contributed by atoms with Gasteiger partial charge in [0.1, 0.15) is 0 Å². The SMILES string of the molecule is CCc1ccc(-c2nc(SCC(=O)Nc3cc(C(C)(C)C)no3)n[nH]2)cc1. The summed E-state index contributed by atoms with van der Waals surface area (Å²) in [6.45, 7) is 8.21. The smallest absolute Gasteiger partial charge is 0.237 e. The number of amides is 1. The summed E-state index contributed by atoms with van der Waals surface area (Å²) in [6, 6.07) is 9.91. The first-order valence-corrected chi connectivity index (χ1v) is 9.75. The Morgan fingerprint density at radius 2 is 2.00 bits per heavy atom. The van der Waals surface area contributed by atoms with Gasteiger partial charge in [0.25, 0.3) is 0 Å². The number of aromatic nitrogens is 4. The van der Waals surface area contributed by atoms with Crippen LogP contribution in [0.3, 0.4) is 0 Å². The van der Waals surface area contributed by atoms with Crippen LogP contribution in [0.2, 0.25) is 0 Å². The van der Waals surface area contributed by atoms with E-state index >= 15 is 0 Å². The van der Waals surface area contributed by atoms with Crippen LogP contribution in [0.25, 0.3) is 11.4 Å². The Morgan fingerprint density at radius 1 is 1.26 bits per heavy atom. The lowest BCUT2D eigenvalue weighted by molar-refractivity contribution is -0.113. The van der Waals surface area contributed by atoms with Crippen molar-refractivity contribution in [1.29, 1.82) is 0 Å². The highest BCUT2D eigenvalue weighted by atomic mass is 32.2. The molecule has 1 amide bonds. The minimum atomic E-state index is -0.199. The average Bonchev–Trinajstić information content (AvgIpc) is 3.29. The van der Waals surface area contributed by atoms with Crippen LogP contribution in [0.15, 0.2) is 40.0 Å². The molecule has 0 bridgehead atoms. The zero-order chi connectivity index (χ0) is 19.4. The lowest BCUT2D eigenvalue weighted by Gasteiger charge is -2.12. The van der Waals surface area contributed by atoms with Gasteiger partial charge in [-0.2, -0.15) is 0 Å². The zero-order valence-electron chi connectivity index (χ0n) is 15.9. The lowest BCUT2D eigenvalue weighted by Crippen LogP contribution is -2.14. The van der Waals surface area contributed by atoms with Crippen molar-refractivity contribution >= 4 is 23.6 Å². The third kappa shape index (κ3) is 4.97. The lowest BCUT2D eigenvalue weighted by atomic mass is 9.92. The van der Waals surface area contributed by atoms with Crippen LogP contribution in [0.5, 0.6) is 0 Å². The molecule has 0 aliphatic rings. The Kier molecular flexibility index (Phi) is 5.65. The molecule has 7 nitrogen and oxygen atoms in total. The van der Waals surface area contributed by atoms with Gasteiger partial charge in [0.15, 0.2) is 5.82 Å². The van der Waals surface area contributed by atoms with Gasteiger partial charge >= 0.3 is 0 Å². The molecule has 0 spiro atoms. The van der Waals surface area contributed by atoms with Crippen LogP contribution in [-0.2, 0) is 16.6 Å². The molecule has 0 atom stereocenters. The number of hydrogen-bond acceptors (Lipinski definition) is 6. The molecule has 2 aromatic heterocycles. The first-order valence-electron chi connectivity index (χ1n) is 8.76. The van der Waals surface area contributed by atoms with Crippen molar-refractivity contribution in [2.24, 2.45) is 0 Å². The average molecular weight is 385 g/mol. The maximum atomic E-state index is 12.1. The van der Waals surface area contributed by atoms with Crippen molar-refractivity contribution in [2.75, 3.05) is 11.1 Å². The van der Waals surface area contributed by atoms with E-state index in [2.05, 4.69) is 44.7 Å². The summed E-state index contributed by atoms with van der Waals surface area (Å²) >= 11 is 1.26. The highest BCUT2D eigenvalue weighted by Crippen LogP contribution is 2.24. The summed E-state index contributed by atoms with van der Waals surface area (Å²) in [5.41, 5.74) is 2.89. The Hall–Kier alpha value is -2.61. The van der Waals surface area contributed by atoms with Crippen LogP contribution in [0.4, 0.5) is 5.88 Å². The number of anilines is 1. The summed E-state index contributed by atoms with van der Waals surface area (Å²) < 4.78 is 5.17. The van der Waals surface area contributed by atoms with E-state index in [9.17, 15) is 4.79 Å². The predicted octanol–water partition coefficient (Wildman–Crippen LogP) is 4.05. The molecule has 0 unspecified atom stereocenters. The number of benzene rings is 1. The summed E-state index contributed by atoms with van der Waals surface area (Å²) in [4.78, 5) is 16.5. The second kappa shape index (κ2) is 7.96. The van der Waals surface area contributed by atoms with E-state index in [0.29, 0.717) is 16.9 Å². The van der Waals surface area contributed by atoms with Gasteiger partial charge in [0.2, 0.25) is 16.9 Å². The van der Waals surface area contributed by atoms with Gasteiger partial charge in [-0.05, 0) is 12.0 Å². The Bertz CT molecular complexity index is 909. The van der Waals surface area contributed by atoms with Gasteiger partial charge < -0.3 is 4.52 Å². The van der Waals surface area contributed by atoms with Crippen LogP contribution in [0, 0.1) is 0 Å². The standard InChI is InChI=1S/C19H23N5O2S/c1-5-12-6-8-13(9-7-12)17-21-18(23-22-17)27-11-15(25)20-16-10-14(24-26-16)19(2,3)4/h6-10H,5,11H2,1-4H3,(H,20,25)(H,21,22,23). The number of aryl methyl sites for hydroxylation is 1. The maximum absolute atomic E-state index is 12.1. The second-order valence-corrected chi connectivity index (χ2v) is 8.12. The molecule has 0 aliphatic carbocycles. The number of hydrogen-bond donors (Lipinski definition) is 2. The Morgan fingerprint density at radius 3 is 2.63 bits per heavy atom. The number of aromatic amines is 1. The number of nitrogens with one attached hydrogen (secondary N) is 2. The molecule has 2 heterocycles. The molecule has 27 heavy (non-hydrogen) atoms. The molecular formula is C19H23N5O2S. The molecule has 1 aromatic carbocycles. The van der Waals surface area contributed by atoms with E-state index in [1.54, 1.807) is 6.07 Å². The summed E-state index contributed by atoms with van der Waals surface area (Å²) in [5.74, 6) is 1.01. The fraction of sp³-hybridized carbons (Fsp3) is 0.368. The third-order valence-electron chi connectivity index (χ3n) is 3.97. The highest BCUT2D eigenvalue weighted by Gasteiger charge is 2.19. The first kappa shape index (κ1) is 19.2. The largest absolute Gasteiger partial charge is 0.338 e. The van der Waals surface area contributed by atoms with E-state index in [1.165, 1.54) is 17.3 Å². The quantitative estimate of drug-likeness (QED) is 0.621. The molecule has 0 saturated heterocycles. The van der Waals surface area contributed by atoms with Crippen LogP contribution in [-0.4, -0.2) is 32.0 Å². The Balaban J connectivity index is 1.54. The maximum Gasteiger partial charge on any atom is 0.237 e. The molecule has 0 saturated carbocycles. The Labute approximate surface area is 162 Å². The predicted molar refractivity (Wildman–Crippen MR) is 106 cm³/mol. The van der Waals surface area contributed by atoms with Gasteiger partial charge in [-0.3, -0.25) is 15.2 Å². The zero-order valence-corrected chi connectivity index (χ0v) is 16.7. The van der Waals surface area contributed by atoms with E-state index in [1.807, 2.05) is 32.9 Å². The fourth-order valence-electron chi connectivity index (χ4n) is 2.33. The van der Waals surface area contributed by atoms with Crippen LogP contribution in [0.1, 0.15) is 39.0 Å². The molecule has 0 radical (unpaired) electrons. The van der Waals surface area contributed by atoms with Gasteiger partial charge in [0, 0.05) is 17.0 Å². The molecule has 3 rings (SSSR count). The number of thioether (sulfide) groups is 1. The van der Waals surface area contributed by atoms with Crippen LogP contribution < -0.4 is 5.32 Å². The van der Waals surface area contributed by atoms with Crippen molar-refractivity contribution in [1.82, 2.24) is 20.3 Å². The van der Waals surface area contributed by atoms with Gasteiger partial charge in [-0.15, -0.1) is 5.10 Å². The normalized spacial score (nSPS) is 11.6. The number of rotatable bonds is 6. The number of carbonyl (C=O) groups is 1. The number of H-pyrrole nitrogens is 1. The first-order chi connectivity index (χ1) is 12.8. The van der Waals surface area contributed by atoms with Crippen LogP contribution >= 0.6 is 11.8 Å². The second-order valence-electron chi connectivity index (χ2n) is 7.18. The molecule has 0 fully saturated rings. The van der Waals surface area contributed by atoms with Crippen molar-refractivity contribution < 1.29 is 9.32 Å². The number of carbonyl (C=O) groups excluding carboxylic acids is 1. The van der Waals surface area contributed by atoms with Gasteiger partial charge in [-0.1, -0.05) is 68.9 Å². The molecule has 8 heteroatoms. The topological polar surface area (TPSA) is 96.7 Å². The summed E-state index contributed by atoms with van der Waals surface area (Å²) in [6.07, 6.45) is 0.995. The highest BCUT2D eigenvalue weighted by molar-refractivity contribution is 7.99. The molecule has 2 N–H and O–H groups in total. The monoisotopic (exact) mass is 385 g/mol. The van der Waals surface area contributed by atoms with Crippen molar-refractivity contribution in [2.45, 2.75) is 44.7 Å². The minimum Gasteiger partial charge on any atom is -0.338 e. The molecule has 3 aromatic rings. The third-order valence-corrected chi connectivity index (χ3v) is 4.82. The molecule has 0 aliphatic heterocycles. The van der Waals surface area contributed by atoms with Crippen molar-refractivity contribution in [3.63, 3.8) is 0 Å². The van der Waals surface area contributed by atoms with E-state index in [0.717, 1.165) is 17.7 Å². The number of nitrogens with zero attached hydrogens (tertiary/aromatic N) is 3.